The Morgan fingerprint density at radius 3 is 2.96 bits per heavy atom. The molecule has 1 heterocycles. The highest BCUT2D eigenvalue weighted by Gasteiger charge is 2.19. The van der Waals surface area contributed by atoms with E-state index in [1.54, 1.807) is 0 Å². The molecule has 0 saturated heterocycles. The molecule has 5 heteroatoms. The van der Waals surface area contributed by atoms with Gasteiger partial charge in [-0.3, -0.25) is 0 Å². The third-order valence-electron chi connectivity index (χ3n) is 3.71. The van der Waals surface area contributed by atoms with Crippen LogP contribution in [0.2, 0.25) is 0 Å². The summed E-state index contributed by atoms with van der Waals surface area (Å²) in [5.74, 6) is 7.51. The zero-order valence-electron chi connectivity index (χ0n) is 13.5. The summed E-state index contributed by atoms with van der Waals surface area (Å²) in [6, 6.07) is 6.23. The lowest BCUT2D eigenvalue weighted by Gasteiger charge is -2.15. The Morgan fingerprint density at radius 1 is 1.39 bits per heavy atom. The van der Waals surface area contributed by atoms with Crippen molar-refractivity contribution < 1.29 is 14.4 Å². The van der Waals surface area contributed by atoms with E-state index >= 15 is 0 Å². The van der Waals surface area contributed by atoms with Crippen LogP contribution in [0.4, 0.5) is 0 Å². The summed E-state index contributed by atoms with van der Waals surface area (Å²) in [6.07, 6.45) is 3.02. The van der Waals surface area contributed by atoms with Gasteiger partial charge in [0.2, 0.25) is 0 Å². The highest BCUT2D eigenvalue weighted by Crippen LogP contribution is 2.27. The first-order valence-electron chi connectivity index (χ1n) is 7.80. The molecule has 0 amide bonds. The van der Waals surface area contributed by atoms with E-state index in [9.17, 15) is 0 Å². The molecular formula is C18H20N2O3. The summed E-state index contributed by atoms with van der Waals surface area (Å²) in [5, 5.41) is 7.96. The molecule has 1 aromatic rings. The Hall–Kier alpha value is -2.48. The van der Waals surface area contributed by atoms with Gasteiger partial charge in [0.15, 0.2) is 6.61 Å². The van der Waals surface area contributed by atoms with Gasteiger partial charge in [0, 0.05) is 17.9 Å². The molecule has 1 fully saturated rings. The van der Waals surface area contributed by atoms with Gasteiger partial charge in [-0.1, -0.05) is 23.1 Å². The van der Waals surface area contributed by atoms with E-state index < -0.39 is 0 Å². The maximum atomic E-state index is 5.51. The molecule has 2 aliphatic rings. The van der Waals surface area contributed by atoms with Crippen molar-refractivity contribution in [1.29, 1.82) is 0 Å². The summed E-state index contributed by atoms with van der Waals surface area (Å²) in [5.41, 5.74) is 3.93. The summed E-state index contributed by atoms with van der Waals surface area (Å²) in [4.78, 5) is 10.0. The Kier molecular flexibility index (Phi) is 4.82. The molecule has 0 spiro atoms. The van der Waals surface area contributed by atoms with Gasteiger partial charge in [0.1, 0.15) is 19.4 Å². The van der Waals surface area contributed by atoms with Crippen molar-refractivity contribution in [2.75, 3.05) is 20.3 Å². The van der Waals surface area contributed by atoms with Crippen molar-refractivity contribution in [2.24, 2.45) is 16.2 Å². The molecule has 1 saturated carbocycles. The minimum atomic E-state index is 0.381. The van der Waals surface area contributed by atoms with Crippen LogP contribution in [0.25, 0.3) is 0 Å². The number of oxime groups is 2. The third-order valence-corrected chi connectivity index (χ3v) is 3.71. The minimum Gasteiger partial charge on any atom is -0.470 e. The second kappa shape index (κ2) is 7.19. The van der Waals surface area contributed by atoms with Crippen LogP contribution in [-0.2, 0) is 20.8 Å². The van der Waals surface area contributed by atoms with Crippen molar-refractivity contribution >= 4 is 11.6 Å². The average Bonchev–Trinajstić information content (AvgIpc) is 3.40. The van der Waals surface area contributed by atoms with Crippen molar-refractivity contribution in [2.45, 2.75) is 26.2 Å². The van der Waals surface area contributed by atoms with Crippen molar-refractivity contribution in [1.82, 2.24) is 0 Å². The van der Waals surface area contributed by atoms with Crippen LogP contribution in [0.1, 0.15) is 29.5 Å². The van der Waals surface area contributed by atoms with Gasteiger partial charge in [-0.25, -0.2) is 0 Å². The number of benzene rings is 1. The van der Waals surface area contributed by atoms with Crippen molar-refractivity contribution in [3.8, 4) is 11.8 Å². The number of aryl methyl sites for hydroxylation is 1. The van der Waals surface area contributed by atoms with Gasteiger partial charge in [-0.05, 0) is 48.2 Å². The predicted octanol–water partition coefficient (Wildman–Crippen LogP) is 2.66. The average molecular weight is 312 g/mol. The van der Waals surface area contributed by atoms with Gasteiger partial charge in [-0.2, -0.15) is 0 Å². The summed E-state index contributed by atoms with van der Waals surface area (Å²) >= 11 is 0. The Labute approximate surface area is 136 Å². The predicted molar refractivity (Wildman–Crippen MR) is 88.3 cm³/mol. The second-order valence-electron chi connectivity index (χ2n) is 5.66. The van der Waals surface area contributed by atoms with Gasteiger partial charge in [-0.15, -0.1) is 0 Å². The zero-order chi connectivity index (χ0) is 16.1. The van der Waals surface area contributed by atoms with Crippen molar-refractivity contribution in [3.05, 3.63) is 34.9 Å². The fourth-order valence-electron chi connectivity index (χ4n) is 2.23. The van der Waals surface area contributed by atoms with E-state index in [1.807, 2.05) is 0 Å². The molecule has 0 radical (unpaired) electrons. The molecule has 1 aromatic carbocycles. The molecule has 0 unspecified atom stereocenters. The van der Waals surface area contributed by atoms with Crippen LogP contribution >= 0.6 is 0 Å². The van der Waals surface area contributed by atoms with E-state index in [-0.39, 0.29) is 0 Å². The van der Waals surface area contributed by atoms with E-state index in [2.05, 4.69) is 47.3 Å². The van der Waals surface area contributed by atoms with E-state index in [0.717, 1.165) is 11.1 Å². The number of nitrogens with zero attached hydrogens (tertiary/aromatic N) is 2. The van der Waals surface area contributed by atoms with Gasteiger partial charge in [0.05, 0.1) is 0 Å². The lowest BCUT2D eigenvalue weighted by atomic mass is 10.00. The molecule has 3 rings (SSSR count). The van der Waals surface area contributed by atoms with Gasteiger partial charge >= 0.3 is 0 Å². The van der Waals surface area contributed by atoms with Crippen LogP contribution in [0.15, 0.2) is 28.5 Å². The molecule has 1 aliphatic heterocycles. The van der Waals surface area contributed by atoms with E-state index in [4.69, 9.17) is 14.4 Å². The monoisotopic (exact) mass is 312 g/mol. The smallest absolute Gasteiger partial charge is 0.276 e. The van der Waals surface area contributed by atoms with E-state index in [0.29, 0.717) is 37.2 Å². The van der Waals surface area contributed by atoms with Crippen LogP contribution in [-0.4, -0.2) is 31.9 Å². The number of hydrogen-bond donors (Lipinski definition) is 0. The van der Waals surface area contributed by atoms with Crippen LogP contribution in [0, 0.1) is 24.7 Å². The molecule has 0 bridgehead atoms. The number of ether oxygens (including phenoxy) is 1. The molecule has 120 valence electrons. The molecule has 1 aliphatic carbocycles. The van der Waals surface area contributed by atoms with Gasteiger partial charge < -0.3 is 14.4 Å². The quantitative estimate of drug-likeness (QED) is 0.488. The normalized spacial score (nSPS) is 17.3. The van der Waals surface area contributed by atoms with Crippen LogP contribution < -0.4 is 0 Å². The highest BCUT2D eigenvalue weighted by molar-refractivity contribution is 6.39. The van der Waals surface area contributed by atoms with Crippen LogP contribution in [0.3, 0.4) is 0 Å². The number of hydrogen-bond acceptors (Lipinski definition) is 5. The second-order valence-corrected chi connectivity index (χ2v) is 5.66. The standard InChI is InChI=1S/C18H20N2O3/c1-13-3-4-15(8-7-14-5-6-14)11-16(13)12-17(19-21-2)18-20-23-10-9-22-18/h3-4,11,14H,5-6,9-10,12H2,1-2H3/b19-17+. The maximum Gasteiger partial charge on any atom is 0.276 e. The first-order chi connectivity index (χ1) is 11.3. The minimum absolute atomic E-state index is 0.381. The Bertz CT molecular complexity index is 694. The van der Waals surface area contributed by atoms with Gasteiger partial charge in [0.25, 0.3) is 5.90 Å². The Balaban J connectivity index is 1.81. The van der Waals surface area contributed by atoms with Crippen LogP contribution in [0.5, 0.6) is 0 Å². The largest absolute Gasteiger partial charge is 0.470 e. The first kappa shape index (κ1) is 15.4. The van der Waals surface area contributed by atoms with E-state index in [1.165, 1.54) is 25.5 Å². The molecule has 0 atom stereocenters. The number of rotatable bonds is 4. The maximum absolute atomic E-state index is 5.51. The zero-order valence-corrected chi connectivity index (χ0v) is 13.5. The molecule has 23 heavy (non-hydrogen) atoms. The fourth-order valence-corrected chi connectivity index (χ4v) is 2.23. The molecular weight excluding hydrogens is 292 g/mol. The molecule has 0 N–H and O–H groups in total. The molecule has 5 nitrogen and oxygen atoms in total. The SMILES string of the molecule is CO/N=C(\Cc1cc(C#CC2CC2)ccc1C)C1=NOCCO1. The summed E-state index contributed by atoms with van der Waals surface area (Å²) in [7, 11) is 1.51. The summed E-state index contributed by atoms with van der Waals surface area (Å²) < 4.78 is 5.51. The first-order valence-corrected chi connectivity index (χ1v) is 7.80. The lowest BCUT2D eigenvalue weighted by Crippen LogP contribution is -2.26. The Morgan fingerprint density at radius 2 is 2.26 bits per heavy atom. The fraction of sp³-hybridized carbons (Fsp3) is 0.444. The third kappa shape index (κ3) is 4.26. The molecule has 0 aromatic heterocycles. The van der Waals surface area contributed by atoms with Crippen molar-refractivity contribution in [3.63, 3.8) is 0 Å². The lowest BCUT2D eigenvalue weighted by molar-refractivity contribution is 0.0670. The topological polar surface area (TPSA) is 52.4 Å². The summed E-state index contributed by atoms with van der Waals surface area (Å²) in [6.45, 7) is 2.99. The highest BCUT2D eigenvalue weighted by atomic mass is 16.7.